The summed E-state index contributed by atoms with van der Waals surface area (Å²) in [5.74, 6) is -0.170. The molecule has 26 heavy (non-hydrogen) atoms. The second-order valence-electron chi connectivity index (χ2n) is 5.84. The molecule has 2 heterocycles. The van der Waals surface area contributed by atoms with Gasteiger partial charge < -0.3 is 15.7 Å². The van der Waals surface area contributed by atoms with Crippen molar-refractivity contribution < 1.29 is 9.90 Å². The maximum Gasteiger partial charge on any atom is 0.322 e. The number of aliphatic carboxylic acids is 1. The summed E-state index contributed by atoms with van der Waals surface area (Å²) in [6.07, 6.45) is 3.39. The summed E-state index contributed by atoms with van der Waals surface area (Å²) >= 11 is 0. The third kappa shape index (κ3) is 4.13. The summed E-state index contributed by atoms with van der Waals surface area (Å²) in [5.41, 5.74) is 4.61. The third-order valence-corrected chi connectivity index (χ3v) is 3.82. The van der Waals surface area contributed by atoms with Crippen molar-refractivity contribution in [3.05, 3.63) is 59.9 Å². The first kappa shape index (κ1) is 17.3. The molecule has 7 nitrogen and oxygen atoms in total. The van der Waals surface area contributed by atoms with Crippen LogP contribution in [0, 0.1) is 13.8 Å². The van der Waals surface area contributed by atoms with Gasteiger partial charge in [-0.3, -0.25) is 9.78 Å². The van der Waals surface area contributed by atoms with E-state index in [2.05, 4.69) is 25.6 Å². The number of para-hydroxylation sites is 1. The van der Waals surface area contributed by atoms with Crippen molar-refractivity contribution in [3.8, 4) is 11.3 Å². The fourth-order valence-electron chi connectivity index (χ4n) is 2.55. The molecular weight excluding hydrogens is 330 g/mol. The molecule has 0 aliphatic heterocycles. The van der Waals surface area contributed by atoms with Crippen LogP contribution in [0.4, 0.5) is 17.5 Å². The van der Waals surface area contributed by atoms with E-state index in [1.165, 1.54) is 0 Å². The van der Waals surface area contributed by atoms with Crippen molar-refractivity contribution >= 4 is 23.4 Å². The Balaban J connectivity index is 2.00. The Morgan fingerprint density at radius 1 is 1.12 bits per heavy atom. The van der Waals surface area contributed by atoms with Gasteiger partial charge in [0, 0.05) is 29.7 Å². The molecule has 0 atom stereocenters. The van der Waals surface area contributed by atoms with Gasteiger partial charge in [-0.15, -0.1) is 0 Å². The first-order valence-electron chi connectivity index (χ1n) is 8.11. The van der Waals surface area contributed by atoms with E-state index < -0.39 is 5.97 Å². The van der Waals surface area contributed by atoms with Crippen LogP contribution in [0.3, 0.4) is 0 Å². The van der Waals surface area contributed by atoms with E-state index in [9.17, 15) is 4.79 Å². The number of hydrogen-bond donors (Lipinski definition) is 3. The number of aryl methyl sites for hydroxylation is 2. The second-order valence-corrected chi connectivity index (χ2v) is 5.84. The van der Waals surface area contributed by atoms with E-state index in [1.807, 2.05) is 50.2 Å². The molecule has 0 bridgehead atoms. The first-order valence-corrected chi connectivity index (χ1v) is 8.11. The molecule has 132 valence electrons. The number of carboxylic acids is 1. The number of rotatable bonds is 6. The van der Waals surface area contributed by atoms with E-state index >= 15 is 0 Å². The van der Waals surface area contributed by atoms with Gasteiger partial charge in [0.15, 0.2) is 0 Å². The van der Waals surface area contributed by atoms with Crippen molar-refractivity contribution in [2.24, 2.45) is 0 Å². The van der Waals surface area contributed by atoms with E-state index in [0.29, 0.717) is 11.5 Å². The quantitative estimate of drug-likeness (QED) is 0.627. The Morgan fingerprint density at radius 3 is 2.54 bits per heavy atom. The van der Waals surface area contributed by atoms with Gasteiger partial charge in [-0.2, -0.15) is 4.98 Å². The molecule has 0 saturated carbocycles. The van der Waals surface area contributed by atoms with Gasteiger partial charge in [-0.1, -0.05) is 18.2 Å². The number of carbonyl (C=O) groups is 1. The molecule has 0 fully saturated rings. The van der Waals surface area contributed by atoms with Crippen LogP contribution >= 0.6 is 0 Å². The molecule has 2 aromatic heterocycles. The smallest absolute Gasteiger partial charge is 0.322 e. The molecule has 0 unspecified atom stereocenters. The Kier molecular flexibility index (Phi) is 5.07. The largest absolute Gasteiger partial charge is 0.480 e. The Labute approximate surface area is 151 Å². The average molecular weight is 349 g/mol. The van der Waals surface area contributed by atoms with Gasteiger partial charge >= 0.3 is 5.97 Å². The molecule has 0 radical (unpaired) electrons. The van der Waals surface area contributed by atoms with Crippen LogP contribution < -0.4 is 10.6 Å². The molecule has 3 aromatic rings. The summed E-state index contributed by atoms with van der Waals surface area (Å²) in [5, 5.41) is 14.9. The summed E-state index contributed by atoms with van der Waals surface area (Å²) in [6, 6.07) is 11.6. The molecule has 7 heteroatoms. The van der Waals surface area contributed by atoms with E-state index in [-0.39, 0.29) is 12.5 Å². The van der Waals surface area contributed by atoms with Crippen molar-refractivity contribution in [1.29, 1.82) is 0 Å². The maximum atomic E-state index is 10.8. The molecule has 3 rings (SSSR count). The molecular formula is C19H19N5O2. The van der Waals surface area contributed by atoms with Gasteiger partial charge in [-0.25, -0.2) is 4.98 Å². The summed E-state index contributed by atoms with van der Waals surface area (Å²) < 4.78 is 0. The van der Waals surface area contributed by atoms with E-state index in [0.717, 1.165) is 22.4 Å². The minimum Gasteiger partial charge on any atom is -0.480 e. The number of hydrogen-bond acceptors (Lipinski definition) is 6. The lowest BCUT2D eigenvalue weighted by Crippen LogP contribution is -2.15. The van der Waals surface area contributed by atoms with Gasteiger partial charge in [0.25, 0.3) is 0 Å². The standard InChI is InChI=1S/C19H19N5O2/c1-12-5-3-6-13(2)18(12)23-16-9-15(14-7-4-8-20-10-14)22-19(24-16)21-11-17(25)26/h3-10H,11H2,1-2H3,(H,25,26)(H2,21,22,23,24). The summed E-state index contributed by atoms with van der Waals surface area (Å²) in [7, 11) is 0. The van der Waals surface area contributed by atoms with Crippen LogP contribution in [0.5, 0.6) is 0 Å². The highest BCUT2D eigenvalue weighted by Crippen LogP contribution is 2.26. The number of pyridine rings is 1. The minimum atomic E-state index is -0.982. The van der Waals surface area contributed by atoms with E-state index in [4.69, 9.17) is 5.11 Å². The number of benzene rings is 1. The van der Waals surface area contributed by atoms with Crippen molar-refractivity contribution in [2.75, 3.05) is 17.2 Å². The van der Waals surface area contributed by atoms with Crippen LogP contribution in [0.2, 0.25) is 0 Å². The molecule has 1 aromatic carbocycles. The van der Waals surface area contributed by atoms with Crippen molar-refractivity contribution in [1.82, 2.24) is 15.0 Å². The number of aromatic nitrogens is 3. The molecule has 0 saturated heterocycles. The summed E-state index contributed by atoms with van der Waals surface area (Å²) in [4.78, 5) is 23.7. The van der Waals surface area contributed by atoms with Crippen LogP contribution in [0.15, 0.2) is 48.8 Å². The zero-order valence-corrected chi connectivity index (χ0v) is 14.5. The SMILES string of the molecule is Cc1cccc(C)c1Nc1cc(-c2cccnc2)nc(NCC(=O)O)n1. The average Bonchev–Trinajstić information content (AvgIpc) is 2.64. The molecule has 0 spiro atoms. The Hall–Kier alpha value is -3.48. The van der Waals surface area contributed by atoms with Crippen LogP contribution in [0.1, 0.15) is 11.1 Å². The van der Waals surface area contributed by atoms with Crippen LogP contribution in [0.25, 0.3) is 11.3 Å². The Morgan fingerprint density at radius 2 is 1.88 bits per heavy atom. The van der Waals surface area contributed by atoms with E-state index in [1.54, 1.807) is 12.4 Å². The molecule has 0 amide bonds. The van der Waals surface area contributed by atoms with Gasteiger partial charge in [-0.05, 0) is 37.1 Å². The third-order valence-electron chi connectivity index (χ3n) is 3.82. The highest BCUT2D eigenvalue weighted by atomic mass is 16.4. The summed E-state index contributed by atoms with van der Waals surface area (Å²) in [6.45, 7) is 3.77. The normalized spacial score (nSPS) is 10.4. The lowest BCUT2D eigenvalue weighted by molar-refractivity contribution is -0.134. The fraction of sp³-hybridized carbons (Fsp3) is 0.158. The molecule has 0 aliphatic rings. The number of nitrogens with zero attached hydrogens (tertiary/aromatic N) is 3. The first-order chi connectivity index (χ1) is 12.5. The predicted molar refractivity (Wildman–Crippen MR) is 101 cm³/mol. The number of carboxylic acid groups (broad SMARTS) is 1. The predicted octanol–water partition coefficient (Wildman–Crippen LogP) is 3.40. The van der Waals surface area contributed by atoms with Gasteiger partial charge in [0.1, 0.15) is 12.4 Å². The lowest BCUT2D eigenvalue weighted by atomic mass is 10.1. The Bertz CT molecular complexity index is 908. The molecule has 0 aliphatic carbocycles. The maximum absolute atomic E-state index is 10.8. The van der Waals surface area contributed by atoms with Crippen molar-refractivity contribution in [2.45, 2.75) is 13.8 Å². The highest BCUT2D eigenvalue weighted by molar-refractivity contribution is 5.73. The highest BCUT2D eigenvalue weighted by Gasteiger charge is 2.10. The number of anilines is 3. The van der Waals surface area contributed by atoms with Crippen LogP contribution in [-0.4, -0.2) is 32.6 Å². The van der Waals surface area contributed by atoms with Gasteiger partial charge in [0.05, 0.1) is 5.69 Å². The monoisotopic (exact) mass is 349 g/mol. The van der Waals surface area contributed by atoms with Gasteiger partial charge in [0.2, 0.25) is 5.95 Å². The van der Waals surface area contributed by atoms with Crippen LogP contribution in [-0.2, 0) is 4.79 Å². The topological polar surface area (TPSA) is 100 Å². The lowest BCUT2D eigenvalue weighted by Gasteiger charge is -2.14. The van der Waals surface area contributed by atoms with Crippen molar-refractivity contribution in [3.63, 3.8) is 0 Å². The fourth-order valence-corrected chi connectivity index (χ4v) is 2.55. The number of nitrogens with one attached hydrogen (secondary N) is 2. The zero-order chi connectivity index (χ0) is 18.5. The molecule has 3 N–H and O–H groups in total. The minimum absolute atomic E-state index is 0.238. The zero-order valence-electron chi connectivity index (χ0n) is 14.5. The second kappa shape index (κ2) is 7.60.